The summed E-state index contributed by atoms with van der Waals surface area (Å²) in [6, 6.07) is 1.47. The summed E-state index contributed by atoms with van der Waals surface area (Å²) in [4.78, 5) is 14.6. The van der Waals surface area contributed by atoms with Gasteiger partial charge in [0.2, 0.25) is 10.0 Å². The highest BCUT2D eigenvalue weighted by Crippen LogP contribution is 2.28. The van der Waals surface area contributed by atoms with Crippen molar-refractivity contribution >= 4 is 27.3 Å². The van der Waals surface area contributed by atoms with Crippen LogP contribution in [0, 0.1) is 12.8 Å². The Morgan fingerprint density at radius 2 is 2.00 bits per heavy atom. The van der Waals surface area contributed by atoms with E-state index < -0.39 is 10.0 Å². The van der Waals surface area contributed by atoms with Crippen LogP contribution in [0.25, 0.3) is 0 Å². The molecule has 1 fully saturated rings. The van der Waals surface area contributed by atoms with Gasteiger partial charge >= 0.3 is 0 Å². The van der Waals surface area contributed by atoms with Crippen LogP contribution in [0.5, 0.6) is 0 Å². The Bertz CT molecular complexity index is 631. The molecular formula is C15H24N2O3S2. The smallest absolute Gasteiger partial charge is 0.263 e. The fraction of sp³-hybridized carbons (Fsp3) is 0.667. The zero-order valence-corrected chi connectivity index (χ0v) is 14.8. The van der Waals surface area contributed by atoms with Crippen molar-refractivity contribution in [1.29, 1.82) is 0 Å². The van der Waals surface area contributed by atoms with Crippen LogP contribution in [-0.2, 0) is 10.0 Å². The number of hydrogen-bond acceptors (Lipinski definition) is 4. The molecule has 0 aliphatic heterocycles. The zero-order valence-electron chi connectivity index (χ0n) is 13.2. The number of primary sulfonamides is 1. The monoisotopic (exact) mass is 344 g/mol. The normalized spacial score (nSPS) is 16.7. The number of thiophene rings is 1. The number of carbonyl (C=O) groups is 1. The van der Waals surface area contributed by atoms with Gasteiger partial charge in [0, 0.05) is 13.6 Å². The summed E-state index contributed by atoms with van der Waals surface area (Å²) in [7, 11) is -1.97. The van der Waals surface area contributed by atoms with Gasteiger partial charge in [-0.15, -0.1) is 11.3 Å². The summed E-state index contributed by atoms with van der Waals surface area (Å²) in [5.41, 5.74) is 0.670. The van der Waals surface area contributed by atoms with Crippen LogP contribution in [0.15, 0.2) is 10.3 Å². The van der Waals surface area contributed by atoms with Crippen LogP contribution >= 0.6 is 11.3 Å². The molecule has 0 bridgehead atoms. The second kappa shape index (κ2) is 7.10. The van der Waals surface area contributed by atoms with Gasteiger partial charge in [0.25, 0.3) is 5.91 Å². The van der Waals surface area contributed by atoms with E-state index in [9.17, 15) is 13.2 Å². The summed E-state index contributed by atoms with van der Waals surface area (Å²) in [5, 5.41) is 5.13. The quantitative estimate of drug-likeness (QED) is 0.892. The molecule has 0 atom stereocenters. The molecular weight excluding hydrogens is 320 g/mol. The molecule has 0 saturated heterocycles. The second-order valence-electron chi connectivity index (χ2n) is 6.14. The van der Waals surface area contributed by atoms with E-state index in [-0.39, 0.29) is 10.1 Å². The number of hydrogen-bond donors (Lipinski definition) is 1. The standard InChI is InChI=1S/C15H24N2O3S2/c1-11-10-13(22(16,19)20)21-14(11)15(18)17(2)9-8-12-6-4-3-5-7-12/h10,12H,3-9H2,1-2H3,(H2,16,19,20). The zero-order chi connectivity index (χ0) is 16.3. The van der Waals surface area contributed by atoms with Gasteiger partial charge in [-0.3, -0.25) is 4.79 Å². The van der Waals surface area contributed by atoms with Crippen LogP contribution in [0.2, 0.25) is 0 Å². The molecule has 1 aliphatic rings. The fourth-order valence-corrected chi connectivity index (χ4v) is 4.89. The Kier molecular flexibility index (Phi) is 5.63. The van der Waals surface area contributed by atoms with Crippen molar-refractivity contribution in [1.82, 2.24) is 4.90 Å². The number of rotatable bonds is 5. The highest BCUT2D eigenvalue weighted by molar-refractivity contribution is 7.91. The van der Waals surface area contributed by atoms with Crippen LogP contribution in [0.1, 0.15) is 53.8 Å². The lowest BCUT2D eigenvalue weighted by molar-refractivity contribution is 0.0788. The molecule has 0 radical (unpaired) electrons. The van der Waals surface area contributed by atoms with E-state index in [2.05, 4.69) is 0 Å². The molecule has 1 aromatic rings. The highest BCUT2D eigenvalue weighted by Gasteiger charge is 2.22. The van der Waals surface area contributed by atoms with Crippen LogP contribution < -0.4 is 5.14 Å². The Morgan fingerprint density at radius 1 is 1.36 bits per heavy atom. The maximum atomic E-state index is 12.5. The first kappa shape index (κ1) is 17.4. The topological polar surface area (TPSA) is 80.5 Å². The molecule has 22 heavy (non-hydrogen) atoms. The van der Waals surface area contributed by atoms with E-state index in [1.165, 1.54) is 38.2 Å². The van der Waals surface area contributed by atoms with E-state index in [1.54, 1.807) is 18.9 Å². The minimum atomic E-state index is -3.75. The largest absolute Gasteiger partial charge is 0.341 e. The molecule has 2 rings (SSSR count). The SMILES string of the molecule is Cc1cc(S(N)(=O)=O)sc1C(=O)N(C)CCC1CCCCC1. The third-order valence-corrected chi connectivity index (χ3v) is 6.96. The van der Waals surface area contributed by atoms with Crippen molar-refractivity contribution in [2.45, 2.75) is 49.7 Å². The van der Waals surface area contributed by atoms with Gasteiger partial charge in [-0.05, 0) is 30.9 Å². The molecule has 1 aromatic heterocycles. The first-order valence-corrected chi connectivity index (χ1v) is 10.0. The number of sulfonamides is 1. The number of nitrogens with two attached hydrogens (primary N) is 1. The Balaban J connectivity index is 1.99. The van der Waals surface area contributed by atoms with Gasteiger partial charge in [-0.2, -0.15) is 0 Å². The third-order valence-electron chi connectivity index (χ3n) is 4.31. The Labute approximate surface area is 136 Å². The molecule has 1 amide bonds. The molecule has 0 unspecified atom stereocenters. The highest BCUT2D eigenvalue weighted by atomic mass is 32.2. The predicted octanol–water partition coefficient (Wildman–Crippen LogP) is 2.75. The molecule has 7 heteroatoms. The van der Waals surface area contributed by atoms with Crippen molar-refractivity contribution in [3.05, 3.63) is 16.5 Å². The molecule has 0 spiro atoms. The molecule has 1 aliphatic carbocycles. The van der Waals surface area contributed by atoms with Gasteiger partial charge in [0.15, 0.2) is 0 Å². The molecule has 5 nitrogen and oxygen atoms in total. The van der Waals surface area contributed by atoms with E-state index in [0.717, 1.165) is 17.8 Å². The molecule has 1 heterocycles. The summed E-state index contributed by atoms with van der Waals surface area (Å²) < 4.78 is 22.8. The van der Waals surface area contributed by atoms with E-state index in [0.29, 0.717) is 22.9 Å². The third kappa shape index (κ3) is 4.30. The van der Waals surface area contributed by atoms with Crippen molar-refractivity contribution in [3.8, 4) is 0 Å². The molecule has 1 saturated carbocycles. The summed E-state index contributed by atoms with van der Waals surface area (Å²) >= 11 is 0.960. The average Bonchev–Trinajstić information content (AvgIpc) is 2.87. The van der Waals surface area contributed by atoms with Crippen LogP contribution in [0.4, 0.5) is 0 Å². The van der Waals surface area contributed by atoms with Crippen molar-refractivity contribution in [3.63, 3.8) is 0 Å². The number of carbonyl (C=O) groups excluding carboxylic acids is 1. The van der Waals surface area contributed by atoms with E-state index in [4.69, 9.17) is 5.14 Å². The van der Waals surface area contributed by atoms with Crippen molar-refractivity contribution in [2.75, 3.05) is 13.6 Å². The maximum Gasteiger partial charge on any atom is 0.263 e. The average molecular weight is 345 g/mol. The number of amides is 1. The number of nitrogens with zero attached hydrogens (tertiary/aromatic N) is 1. The summed E-state index contributed by atoms with van der Waals surface area (Å²) in [6.07, 6.45) is 7.46. The van der Waals surface area contributed by atoms with E-state index in [1.807, 2.05) is 0 Å². The second-order valence-corrected chi connectivity index (χ2v) is 8.98. The molecule has 2 N–H and O–H groups in total. The lowest BCUT2D eigenvalue weighted by atomic mass is 9.87. The van der Waals surface area contributed by atoms with Crippen molar-refractivity contribution in [2.24, 2.45) is 11.1 Å². The van der Waals surface area contributed by atoms with E-state index >= 15 is 0 Å². The van der Waals surface area contributed by atoms with Crippen LogP contribution in [-0.4, -0.2) is 32.8 Å². The van der Waals surface area contributed by atoms with Crippen molar-refractivity contribution < 1.29 is 13.2 Å². The first-order chi connectivity index (χ1) is 10.3. The summed E-state index contributed by atoms with van der Waals surface area (Å²) in [5.74, 6) is 0.599. The Hall–Kier alpha value is -0.920. The first-order valence-electron chi connectivity index (χ1n) is 7.67. The fourth-order valence-electron chi connectivity index (χ4n) is 2.93. The Morgan fingerprint density at radius 3 is 2.55 bits per heavy atom. The maximum absolute atomic E-state index is 12.5. The van der Waals surface area contributed by atoms with Gasteiger partial charge in [-0.1, -0.05) is 32.1 Å². The predicted molar refractivity (Wildman–Crippen MR) is 88.6 cm³/mol. The van der Waals surface area contributed by atoms with Gasteiger partial charge in [-0.25, -0.2) is 13.6 Å². The van der Waals surface area contributed by atoms with Gasteiger partial charge in [0.1, 0.15) is 4.21 Å². The van der Waals surface area contributed by atoms with Gasteiger partial charge in [0.05, 0.1) is 4.88 Å². The molecule has 0 aromatic carbocycles. The lowest BCUT2D eigenvalue weighted by Crippen LogP contribution is -2.29. The number of aryl methyl sites for hydroxylation is 1. The molecule has 124 valence electrons. The summed E-state index contributed by atoms with van der Waals surface area (Å²) in [6.45, 7) is 2.46. The van der Waals surface area contributed by atoms with Crippen LogP contribution in [0.3, 0.4) is 0 Å². The lowest BCUT2D eigenvalue weighted by Gasteiger charge is -2.24. The van der Waals surface area contributed by atoms with Gasteiger partial charge < -0.3 is 4.90 Å². The minimum Gasteiger partial charge on any atom is -0.341 e. The minimum absolute atomic E-state index is 0.0500.